The van der Waals surface area contributed by atoms with Gasteiger partial charge in [-0.25, -0.2) is 0 Å². The van der Waals surface area contributed by atoms with Crippen molar-refractivity contribution in [2.24, 2.45) is 11.8 Å². The summed E-state index contributed by atoms with van der Waals surface area (Å²) >= 11 is 0. The lowest BCUT2D eigenvalue weighted by molar-refractivity contribution is 0.0906. The Morgan fingerprint density at radius 2 is 2.00 bits per heavy atom. The minimum absolute atomic E-state index is 0.0710. The van der Waals surface area contributed by atoms with E-state index in [-0.39, 0.29) is 11.7 Å². The minimum atomic E-state index is 0.0710. The molecule has 0 radical (unpaired) electrons. The number of hydrogen-bond donors (Lipinski definition) is 1. The second-order valence-electron chi connectivity index (χ2n) is 6.45. The van der Waals surface area contributed by atoms with Crippen molar-refractivity contribution in [3.8, 4) is 5.75 Å². The van der Waals surface area contributed by atoms with Crippen molar-refractivity contribution < 1.29 is 9.53 Å². The van der Waals surface area contributed by atoms with E-state index in [1.165, 1.54) is 0 Å². The molecule has 0 saturated carbocycles. The van der Waals surface area contributed by atoms with E-state index in [9.17, 15) is 4.79 Å². The first kappa shape index (κ1) is 13.4. The number of Topliss-reactive ketones (excluding diaryl/α,β-unsaturated/α-hetero) is 1. The van der Waals surface area contributed by atoms with E-state index in [1.807, 2.05) is 12.1 Å². The number of rotatable bonds is 2. The van der Waals surface area contributed by atoms with Gasteiger partial charge in [0.15, 0.2) is 5.78 Å². The van der Waals surface area contributed by atoms with E-state index in [2.05, 4.69) is 37.0 Å². The van der Waals surface area contributed by atoms with Crippen molar-refractivity contribution in [2.45, 2.75) is 20.3 Å². The summed E-state index contributed by atoms with van der Waals surface area (Å²) in [4.78, 5) is 16.2. The van der Waals surface area contributed by atoms with Crippen LogP contribution in [0, 0.1) is 11.8 Å². The molecule has 2 aromatic carbocycles. The fourth-order valence-electron chi connectivity index (χ4n) is 3.70. The van der Waals surface area contributed by atoms with Crippen molar-refractivity contribution in [1.29, 1.82) is 0 Å². The molecular formula is C19H19NO2. The molecule has 0 fully saturated rings. The molecule has 1 heterocycles. The second kappa shape index (κ2) is 4.60. The van der Waals surface area contributed by atoms with Crippen LogP contribution in [0.4, 0.5) is 0 Å². The van der Waals surface area contributed by atoms with Crippen molar-refractivity contribution in [2.75, 3.05) is 7.11 Å². The van der Waals surface area contributed by atoms with Gasteiger partial charge in [0, 0.05) is 33.3 Å². The number of fused-ring (bicyclic) bond motifs is 4. The summed E-state index contributed by atoms with van der Waals surface area (Å²) in [5.41, 5.74) is 3.98. The Kier molecular flexibility index (Phi) is 2.80. The predicted molar refractivity (Wildman–Crippen MR) is 88.7 cm³/mol. The number of aromatic nitrogens is 1. The molecule has 0 spiro atoms. The highest BCUT2D eigenvalue weighted by Crippen LogP contribution is 2.43. The number of carbonyl (C=O) groups excluding carboxylic acids is 1. The van der Waals surface area contributed by atoms with Crippen LogP contribution in [-0.2, 0) is 6.42 Å². The van der Waals surface area contributed by atoms with Crippen LogP contribution in [0.3, 0.4) is 0 Å². The van der Waals surface area contributed by atoms with Gasteiger partial charge >= 0.3 is 0 Å². The quantitative estimate of drug-likeness (QED) is 0.763. The zero-order valence-electron chi connectivity index (χ0n) is 13.1. The van der Waals surface area contributed by atoms with Crippen molar-refractivity contribution in [3.05, 3.63) is 41.5 Å². The highest BCUT2D eigenvalue weighted by Gasteiger charge is 2.36. The SMILES string of the molecule is COc1c2c(cc3c1[nH]c1ccccc13)C(=O)[C@H](C(C)C)C2. The summed E-state index contributed by atoms with van der Waals surface area (Å²) in [6.45, 7) is 4.23. The Labute approximate surface area is 129 Å². The molecule has 0 aliphatic heterocycles. The smallest absolute Gasteiger partial charge is 0.166 e. The number of ketones is 1. The van der Waals surface area contributed by atoms with E-state index in [0.29, 0.717) is 5.92 Å². The maximum atomic E-state index is 12.7. The highest BCUT2D eigenvalue weighted by molar-refractivity contribution is 6.14. The summed E-state index contributed by atoms with van der Waals surface area (Å²) in [6, 6.07) is 10.2. The summed E-state index contributed by atoms with van der Waals surface area (Å²) < 4.78 is 5.69. The zero-order valence-corrected chi connectivity index (χ0v) is 13.1. The lowest BCUT2D eigenvalue weighted by Crippen LogP contribution is -2.15. The third-order valence-electron chi connectivity index (χ3n) is 4.90. The third-order valence-corrected chi connectivity index (χ3v) is 4.90. The normalized spacial score (nSPS) is 17.6. The predicted octanol–water partition coefficient (Wildman–Crippen LogP) is 4.34. The van der Waals surface area contributed by atoms with Crippen LogP contribution < -0.4 is 4.74 Å². The molecule has 0 unspecified atom stereocenters. The number of nitrogens with one attached hydrogen (secondary N) is 1. The zero-order chi connectivity index (χ0) is 15.4. The van der Waals surface area contributed by atoms with Crippen molar-refractivity contribution in [3.63, 3.8) is 0 Å². The van der Waals surface area contributed by atoms with E-state index in [1.54, 1.807) is 7.11 Å². The van der Waals surface area contributed by atoms with E-state index in [4.69, 9.17) is 4.74 Å². The molecular weight excluding hydrogens is 274 g/mol. The molecule has 0 bridgehead atoms. The third kappa shape index (κ3) is 1.65. The van der Waals surface area contributed by atoms with Gasteiger partial charge in [-0.05, 0) is 24.5 Å². The first-order chi connectivity index (χ1) is 10.6. The molecule has 0 saturated heterocycles. The molecule has 0 amide bonds. The van der Waals surface area contributed by atoms with Crippen LogP contribution in [0.2, 0.25) is 0 Å². The fourth-order valence-corrected chi connectivity index (χ4v) is 3.70. The molecule has 3 nitrogen and oxygen atoms in total. The number of methoxy groups -OCH3 is 1. The summed E-state index contributed by atoms with van der Waals surface area (Å²) in [5.74, 6) is 1.51. The van der Waals surface area contributed by atoms with Gasteiger partial charge in [-0.3, -0.25) is 4.79 Å². The van der Waals surface area contributed by atoms with E-state index in [0.717, 1.165) is 45.1 Å². The summed E-state index contributed by atoms with van der Waals surface area (Å²) in [7, 11) is 1.69. The first-order valence-corrected chi connectivity index (χ1v) is 7.76. The van der Waals surface area contributed by atoms with Crippen LogP contribution >= 0.6 is 0 Å². The molecule has 1 aliphatic carbocycles. The molecule has 1 aromatic heterocycles. The Morgan fingerprint density at radius 1 is 1.23 bits per heavy atom. The Hall–Kier alpha value is -2.29. The number of hydrogen-bond acceptors (Lipinski definition) is 2. The fraction of sp³-hybridized carbons (Fsp3) is 0.316. The largest absolute Gasteiger partial charge is 0.494 e. The molecule has 112 valence electrons. The Bertz CT molecular complexity index is 905. The van der Waals surface area contributed by atoms with Crippen LogP contribution in [-0.4, -0.2) is 17.9 Å². The number of para-hydroxylation sites is 1. The molecule has 1 aliphatic rings. The molecule has 22 heavy (non-hydrogen) atoms. The topological polar surface area (TPSA) is 42.1 Å². The van der Waals surface area contributed by atoms with Gasteiger partial charge in [-0.15, -0.1) is 0 Å². The van der Waals surface area contributed by atoms with Gasteiger partial charge in [0.05, 0.1) is 12.6 Å². The Morgan fingerprint density at radius 3 is 2.73 bits per heavy atom. The standard InChI is InChI=1S/C19H19NO2/c1-10(2)12-8-15-14(18(12)21)9-13-11-6-4-5-7-16(11)20-17(13)19(15)22-3/h4-7,9-10,12,20H,8H2,1-3H3/t12-/m0/s1. The van der Waals surface area contributed by atoms with Crippen LogP contribution in [0.1, 0.15) is 29.8 Å². The average Bonchev–Trinajstić information content (AvgIpc) is 3.04. The summed E-state index contributed by atoms with van der Waals surface area (Å²) in [6.07, 6.45) is 0.778. The monoisotopic (exact) mass is 293 g/mol. The Balaban J connectivity index is 2.07. The molecule has 3 heteroatoms. The number of ether oxygens (including phenoxy) is 1. The van der Waals surface area contributed by atoms with Crippen LogP contribution in [0.25, 0.3) is 21.8 Å². The van der Waals surface area contributed by atoms with Gasteiger partial charge < -0.3 is 9.72 Å². The maximum absolute atomic E-state index is 12.7. The number of benzene rings is 2. The summed E-state index contributed by atoms with van der Waals surface area (Å²) in [5, 5.41) is 2.21. The van der Waals surface area contributed by atoms with Crippen LogP contribution in [0.15, 0.2) is 30.3 Å². The number of aromatic amines is 1. The lowest BCUT2D eigenvalue weighted by Gasteiger charge is -2.11. The van der Waals surface area contributed by atoms with Gasteiger partial charge in [0.25, 0.3) is 0 Å². The highest BCUT2D eigenvalue weighted by atomic mass is 16.5. The second-order valence-corrected chi connectivity index (χ2v) is 6.45. The average molecular weight is 293 g/mol. The van der Waals surface area contributed by atoms with Crippen molar-refractivity contribution in [1.82, 2.24) is 4.98 Å². The molecule has 3 aromatic rings. The maximum Gasteiger partial charge on any atom is 0.166 e. The van der Waals surface area contributed by atoms with Gasteiger partial charge in [-0.2, -0.15) is 0 Å². The van der Waals surface area contributed by atoms with Crippen LogP contribution in [0.5, 0.6) is 5.75 Å². The minimum Gasteiger partial charge on any atom is -0.494 e. The first-order valence-electron chi connectivity index (χ1n) is 7.76. The lowest BCUT2D eigenvalue weighted by atomic mass is 9.92. The van der Waals surface area contributed by atoms with Gasteiger partial charge in [0.1, 0.15) is 5.75 Å². The van der Waals surface area contributed by atoms with Gasteiger partial charge in [0.2, 0.25) is 0 Å². The molecule has 1 atom stereocenters. The number of carbonyl (C=O) groups is 1. The van der Waals surface area contributed by atoms with Gasteiger partial charge in [-0.1, -0.05) is 32.0 Å². The van der Waals surface area contributed by atoms with E-state index < -0.39 is 0 Å². The molecule has 4 rings (SSSR count). The number of H-pyrrole nitrogens is 1. The van der Waals surface area contributed by atoms with E-state index >= 15 is 0 Å². The molecule has 1 N–H and O–H groups in total. The van der Waals surface area contributed by atoms with Crippen molar-refractivity contribution >= 4 is 27.6 Å².